The van der Waals surface area contributed by atoms with Crippen LogP contribution in [0.3, 0.4) is 0 Å². The largest absolute Gasteiger partial charge is 0.391 e. The Morgan fingerprint density at radius 1 is 1.00 bits per heavy atom. The van der Waals surface area contributed by atoms with Gasteiger partial charge in [0.1, 0.15) is 0 Å². The van der Waals surface area contributed by atoms with Gasteiger partial charge < -0.3 is 10.4 Å². The summed E-state index contributed by atoms with van der Waals surface area (Å²) in [6, 6.07) is 18.3. The van der Waals surface area contributed by atoms with Crippen molar-refractivity contribution in [3.8, 4) is 0 Å². The molecule has 0 aliphatic heterocycles. The highest BCUT2D eigenvalue weighted by atomic mass is 16.3. The molecule has 0 heterocycles. The Balaban J connectivity index is 2.22. The van der Waals surface area contributed by atoms with Crippen molar-refractivity contribution in [2.24, 2.45) is 0 Å². The number of rotatable bonds is 6. The fourth-order valence-corrected chi connectivity index (χ4v) is 2.35. The second-order valence-corrected chi connectivity index (χ2v) is 5.25. The van der Waals surface area contributed by atoms with Gasteiger partial charge >= 0.3 is 0 Å². The van der Waals surface area contributed by atoms with E-state index in [0.29, 0.717) is 0 Å². The van der Waals surface area contributed by atoms with Crippen LogP contribution in [0, 0.1) is 6.92 Å². The molecule has 0 saturated carbocycles. The molecule has 2 nitrogen and oxygen atoms in total. The summed E-state index contributed by atoms with van der Waals surface area (Å²) in [7, 11) is 0. The summed E-state index contributed by atoms with van der Waals surface area (Å²) in [4.78, 5) is 0. The standard InChI is InChI=1S/C18H23NO/c1-3-7-17(20)18(15-12-10-14(2)11-13-15)19-16-8-5-4-6-9-16/h4-6,8-13,17-20H,3,7H2,1-2H3. The van der Waals surface area contributed by atoms with Crippen molar-refractivity contribution >= 4 is 5.69 Å². The predicted octanol–water partition coefficient (Wildman–Crippen LogP) is 4.31. The van der Waals surface area contributed by atoms with Gasteiger partial charge in [-0.1, -0.05) is 61.4 Å². The molecule has 0 spiro atoms. The van der Waals surface area contributed by atoms with E-state index >= 15 is 0 Å². The van der Waals surface area contributed by atoms with Crippen molar-refractivity contribution in [3.05, 3.63) is 65.7 Å². The summed E-state index contributed by atoms with van der Waals surface area (Å²) < 4.78 is 0. The van der Waals surface area contributed by atoms with Crippen LogP contribution in [0.4, 0.5) is 5.69 Å². The maximum absolute atomic E-state index is 10.4. The third kappa shape index (κ3) is 3.84. The maximum Gasteiger partial charge on any atom is 0.0783 e. The summed E-state index contributed by atoms with van der Waals surface area (Å²) >= 11 is 0. The van der Waals surface area contributed by atoms with Gasteiger partial charge in [0.15, 0.2) is 0 Å². The Morgan fingerprint density at radius 3 is 2.25 bits per heavy atom. The molecule has 2 unspecified atom stereocenters. The molecule has 0 amide bonds. The number of benzene rings is 2. The SMILES string of the molecule is CCCC(O)C(Nc1ccccc1)c1ccc(C)cc1. The van der Waals surface area contributed by atoms with Crippen molar-refractivity contribution < 1.29 is 5.11 Å². The molecule has 2 atom stereocenters. The number of aryl methyl sites for hydroxylation is 1. The molecule has 2 N–H and O–H groups in total. The Hall–Kier alpha value is -1.80. The fraction of sp³-hybridized carbons (Fsp3) is 0.333. The molecule has 20 heavy (non-hydrogen) atoms. The highest BCUT2D eigenvalue weighted by molar-refractivity contribution is 5.45. The lowest BCUT2D eigenvalue weighted by Crippen LogP contribution is -2.25. The van der Waals surface area contributed by atoms with Crippen molar-refractivity contribution in [2.75, 3.05) is 5.32 Å². The first-order valence-corrected chi connectivity index (χ1v) is 7.27. The van der Waals surface area contributed by atoms with Crippen LogP contribution in [-0.4, -0.2) is 11.2 Å². The first kappa shape index (κ1) is 14.6. The average Bonchev–Trinajstić information content (AvgIpc) is 2.47. The first-order chi connectivity index (χ1) is 9.70. The smallest absolute Gasteiger partial charge is 0.0783 e. The topological polar surface area (TPSA) is 32.3 Å². The van der Waals surface area contributed by atoms with Crippen LogP contribution in [0.15, 0.2) is 54.6 Å². The number of hydrogen-bond donors (Lipinski definition) is 2. The average molecular weight is 269 g/mol. The molecule has 0 bridgehead atoms. The Labute approximate surface area is 121 Å². The molecule has 0 fully saturated rings. The lowest BCUT2D eigenvalue weighted by molar-refractivity contribution is 0.142. The molecule has 2 aromatic rings. The minimum absolute atomic E-state index is 0.0713. The predicted molar refractivity (Wildman–Crippen MR) is 84.9 cm³/mol. The Kier molecular flexibility index (Phi) is 5.19. The van der Waals surface area contributed by atoms with E-state index in [1.807, 2.05) is 30.3 Å². The summed E-state index contributed by atoms with van der Waals surface area (Å²) in [6.07, 6.45) is 1.38. The van der Waals surface area contributed by atoms with E-state index in [2.05, 4.69) is 43.4 Å². The van der Waals surface area contributed by atoms with Gasteiger partial charge in [-0.25, -0.2) is 0 Å². The summed E-state index contributed by atoms with van der Waals surface area (Å²) in [6.45, 7) is 4.17. The molecule has 0 aromatic heterocycles. The highest BCUT2D eigenvalue weighted by Gasteiger charge is 2.20. The van der Waals surface area contributed by atoms with Gasteiger partial charge in [-0.3, -0.25) is 0 Å². The second kappa shape index (κ2) is 7.11. The highest BCUT2D eigenvalue weighted by Crippen LogP contribution is 2.25. The van der Waals surface area contributed by atoms with E-state index in [-0.39, 0.29) is 12.1 Å². The molecule has 2 rings (SSSR count). The molecule has 2 heteroatoms. The molecular weight excluding hydrogens is 246 g/mol. The number of aliphatic hydroxyl groups excluding tert-OH is 1. The van der Waals surface area contributed by atoms with E-state index in [9.17, 15) is 5.11 Å². The number of nitrogens with one attached hydrogen (secondary N) is 1. The summed E-state index contributed by atoms with van der Waals surface area (Å²) in [5, 5.41) is 13.9. The zero-order valence-corrected chi connectivity index (χ0v) is 12.2. The lowest BCUT2D eigenvalue weighted by Gasteiger charge is -2.25. The molecule has 2 aromatic carbocycles. The minimum Gasteiger partial charge on any atom is -0.391 e. The van der Waals surface area contributed by atoms with E-state index in [1.54, 1.807) is 0 Å². The number of anilines is 1. The van der Waals surface area contributed by atoms with Gasteiger partial charge in [0.25, 0.3) is 0 Å². The van der Waals surface area contributed by atoms with Crippen LogP contribution in [-0.2, 0) is 0 Å². The van der Waals surface area contributed by atoms with E-state index in [1.165, 1.54) is 5.56 Å². The number of aliphatic hydroxyl groups is 1. The zero-order chi connectivity index (χ0) is 14.4. The monoisotopic (exact) mass is 269 g/mol. The Morgan fingerprint density at radius 2 is 1.65 bits per heavy atom. The second-order valence-electron chi connectivity index (χ2n) is 5.25. The maximum atomic E-state index is 10.4. The number of hydrogen-bond acceptors (Lipinski definition) is 2. The Bertz CT molecular complexity index is 507. The lowest BCUT2D eigenvalue weighted by atomic mass is 9.97. The zero-order valence-electron chi connectivity index (χ0n) is 12.2. The number of para-hydroxylation sites is 1. The molecule has 106 valence electrons. The molecular formula is C18H23NO. The summed E-state index contributed by atoms with van der Waals surface area (Å²) in [5.41, 5.74) is 3.39. The molecule has 0 aliphatic carbocycles. The van der Waals surface area contributed by atoms with E-state index in [4.69, 9.17) is 0 Å². The van der Waals surface area contributed by atoms with Gasteiger partial charge in [0.2, 0.25) is 0 Å². The van der Waals surface area contributed by atoms with Crippen LogP contribution in [0.25, 0.3) is 0 Å². The first-order valence-electron chi connectivity index (χ1n) is 7.27. The van der Waals surface area contributed by atoms with Crippen LogP contribution in [0.1, 0.15) is 36.9 Å². The van der Waals surface area contributed by atoms with Gasteiger partial charge in [-0.15, -0.1) is 0 Å². The van der Waals surface area contributed by atoms with Gasteiger partial charge in [0, 0.05) is 5.69 Å². The minimum atomic E-state index is -0.386. The third-order valence-corrected chi connectivity index (χ3v) is 3.50. The van der Waals surface area contributed by atoms with Crippen LogP contribution < -0.4 is 5.32 Å². The van der Waals surface area contributed by atoms with Gasteiger partial charge in [-0.05, 0) is 31.0 Å². The normalized spacial score (nSPS) is 13.8. The molecule has 0 saturated heterocycles. The van der Waals surface area contributed by atoms with Crippen LogP contribution in [0.2, 0.25) is 0 Å². The van der Waals surface area contributed by atoms with E-state index < -0.39 is 0 Å². The van der Waals surface area contributed by atoms with E-state index in [0.717, 1.165) is 24.1 Å². The van der Waals surface area contributed by atoms with Gasteiger partial charge in [-0.2, -0.15) is 0 Å². The summed E-state index contributed by atoms with van der Waals surface area (Å²) in [5.74, 6) is 0. The van der Waals surface area contributed by atoms with Crippen molar-refractivity contribution in [1.29, 1.82) is 0 Å². The molecule has 0 radical (unpaired) electrons. The van der Waals surface area contributed by atoms with Crippen LogP contribution >= 0.6 is 0 Å². The van der Waals surface area contributed by atoms with Crippen molar-refractivity contribution in [2.45, 2.75) is 38.8 Å². The van der Waals surface area contributed by atoms with Crippen molar-refractivity contribution in [3.63, 3.8) is 0 Å². The van der Waals surface area contributed by atoms with Crippen molar-refractivity contribution in [1.82, 2.24) is 0 Å². The fourth-order valence-electron chi connectivity index (χ4n) is 2.35. The van der Waals surface area contributed by atoms with Gasteiger partial charge in [0.05, 0.1) is 12.1 Å². The molecule has 0 aliphatic rings. The third-order valence-electron chi connectivity index (χ3n) is 3.50. The quantitative estimate of drug-likeness (QED) is 0.819. The van der Waals surface area contributed by atoms with Crippen LogP contribution in [0.5, 0.6) is 0 Å².